The Morgan fingerprint density at radius 1 is 1.77 bits per heavy atom. The molecule has 5 nitrogen and oxygen atoms in total. The Labute approximate surface area is 75.7 Å². The molecule has 1 aliphatic heterocycles. The molecular weight excluding hydrogens is 170 g/mol. The first kappa shape index (κ1) is 8.22. The zero-order valence-corrected chi connectivity index (χ0v) is 7.43. The van der Waals surface area contributed by atoms with E-state index in [0.717, 1.165) is 19.4 Å². The summed E-state index contributed by atoms with van der Waals surface area (Å²) in [6, 6.07) is 0.309. The predicted octanol–water partition coefficient (Wildman–Crippen LogP) is 0.694. The van der Waals surface area contributed by atoms with E-state index in [1.165, 1.54) is 6.20 Å². The number of aromatic nitrogens is 2. The minimum Gasteiger partial charge on any atom is -0.334 e. The minimum atomic E-state index is -0.0775. The van der Waals surface area contributed by atoms with Crippen molar-refractivity contribution in [3.63, 3.8) is 0 Å². The van der Waals surface area contributed by atoms with E-state index < -0.39 is 0 Å². The van der Waals surface area contributed by atoms with E-state index >= 15 is 0 Å². The van der Waals surface area contributed by atoms with E-state index in [1.807, 2.05) is 6.92 Å². The van der Waals surface area contributed by atoms with Crippen LogP contribution in [0.3, 0.4) is 0 Å². The van der Waals surface area contributed by atoms with Crippen LogP contribution in [0.5, 0.6) is 0 Å². The molecule has 13 heavy (non-hydrogen) atoms. The Bertz CT molecular complexity index is 296. The summed E-state index contributed by atoms with van der Waals surface area (Å²) in [5.74, 6) is -0.0775. The highest BCUT2D eigenvalue weighted by atomic mass is 16.6. The van der Waals surface area contributed by atoms with Crippen molar-refractivity contribution in [3.05, 3.63) is 11.9 Å². The second-order valence-corrected chi connectivity index (χ2v) is 3.28. The van der Waals surface area contributed by atoms with Crippen molar-refractivity contribution in [2.45, 2.75) is 25.8 Å². The summed E-state index contributed by atoms with van der Waals surface area (Å²) < 4.78 is 4.38. The molecule has 0 aliphatic carbocycles. The second-order valence-electron chi connectivity index (χ2n) is 3.28. The van der Waals surface area contributed by atoms with Gasteiger partial charge in [0, 0.05) is 12.6 Å². The van der Waals surface area contributed by atoms with Crippen LogP contribution in [-0.2, 0) is 0 Å². The number of carbonyl (C=O) groups is 1. The van der Waals surface area contributed by atoms with Gasteiger partial charge in [-0.1, -0.05) is 5.16 Å². The summed E-state index contributed by atoms with van der Waals surface area (Å²) in [7, 11) is 0. The molecular formula is C8H11N3O2. The van der Waals surface area contributed by atoms with Crippen molar-refractivity contribution in [2.24, 2.45) is 0 Å². The smallest absolute Gasteiger partial charge is 0.278 e. The van der Waals surface area contributed by atoms with Crippen LogP contribution < -0.4 is 0 Å². The maximum absolute atomic E-state index is 11.7. The molecule has 2 rings (SSSR count). The molecule has 0 saturated carbocycles. The number of carbonyl (C=O) groups excluding carboxylic acids is 1. The van der Waals surface area contributed by atoms with Gasteiger partial charge in [0.2, 0.25) is 0 Å². The quantitative estimate of drug-likeness (QED) is 0.639. The Morgan fingerprint density at radius 2 is 2.62 bits per heavy atom. The van der Waals surface area contributed by atoms with Crippen LogP contribution in [0.15, 0.2) is 10.8 Å². The fourth-order valence-corrected chi connectivity index (χ4v) is 1.64. The molecule has 1 aliphatic rings. The van der Waals surface area contributed by atoms with Crippen LogP contribution in [0.4, 0.5) is 0 Å². The molecule has 70 valence electrons. The molecule has 0 aromatic carbocycles. The first-order chi connectivity index (χ1) is 6.29. The van der Waals surface area contributed by atoms with Gasteiger partial charge in [0.1, 0.15) is 6.20 Å². The highest BCUT2D eigenvalue weighted by Crippen LogP contribution is 2.18. The third kappa shape index (κ3) is 1.41. The second kappa shape index (κ2) is 3.16. The number of hydrogen-bond donors (Lipinski definition) is 0. The van der Waals surface area contributed by atoms with Gasteiger partial charge in [0.25, 0.3) is 5.91 Å². The van der Waals surface area contributed by atoms with Crippen LogP contribution in [0.1, 0.15) is 30.3 Å². The molecule has 1 atom stereocenters. The van der Waals surface area contributed by atoms with Gasteiger partial charge in [-0.15, -0.1) is 0 Å². The third-order valence-corrected chi connectivity index (χ3v) is 2.39. The maximum atomic E-state index is 11.7. The molecule has 0 bridgehead atoms. The lowest BCUT2D eigenvalue weighted by molar-refractivity contribution is 0.0736. The molecule has 1 unspecified atom stereocenters. The van der Waals surface area contributed by atoms with Gasteiger partial charge < -0.3 is 4.90 Å². The van der Waals surface area contributed by atoms with E-state index in [2.05, 4.69) is 14.9 Å². The van der Waals surface area contributed by atoms with Crippen molar-refractivity contribution < 1.29 is 9.42 Å². The van der Waals surface area contributed by atoms with Crippen molar-refractivity contribution in [1.29, 1.82) is 0 Å². The largest absolute Gasteiger partial charge is 0.334 e. The molecule has 2 heterocycles. The summed E-state index contributed by atoms with van der Waals surface area (Å²) in [6.45, 7) is 2.85. The van der Waals surface area contributed by atoms with Gasteiger partial charge >= 0.3 is 0 Å². The molecule has 1 aromatic rings. The van der Waals surface area contributed by atoms with Gasteiger partial charge in [-0.2, -0.15) is 0 Å². The van der Waals surface area contributed by atoms with Crippen molar-refractivity contribution in [1.82, 2.24) is 15.2 Å². The summed E-state index contributed by atoms with van der Waals surface area (Å²) >= 11 is 0. The summed E-state index contributed by atoms with van der Waals surface area (Å²) in [6.07, 6.45) is 3.49. The minimum absolute atomic E-state index is 0.0775. The first-order valence-corrected chi connectivity index (χ1v) is 4.37. The number of likely N-dealkylation sites (tertiary alicyclic amines) is 1. The molecule has 1 amide bonds. The highest BCUT2D eigenvalue weighted by molar-refractivity contribution is 5.92. The molecule has 0 radical (unpaired) electrons. The highest BCUT2D eigenvalue weighted by Gasteiger charge is 2.27. The van der Waals surface area contributed by atoms with Crippen molar-refractivity contribution in [3.8, 4) is 0 Å². The van der Waals surface area contributed by atoms with E-state index in [0.29, 0.717) is 11.7 Å². The molecule has 1 saturated heterocycles. The van der Waals surface area contributed by atoms with Gasteiger partial charge in [-0.05, 0) is 24.9 Å². The molecule has 0 N–H and O–H groups in total. The van der Waals surface area contributed by atoms with E-state index in [-0.39, 0.29) is 5.91 Å². The number of hydrogen-bond acceptors (Lipinski definition) is 4. The molecule has 0 spiro atoms. The zero-order chi connectivity index (χ0) is 9.26. The number of amides is 1. The average molecular weight is 181 g/mol. The van der Waals surface area contributed by atoms with Crippen LogP contribution in [-0.4, -0.2) is 33.7 Å². The molecule has 1 fully saturated rings. The molecule has 1 aromatic heterocycles. The first-order valence-electron chi connectivity index (χ1n) is 4.37. The Morgan fingerprint density at radius 3 is 3.15 bits per heavy atom. The summed E-state index contributed by atoms with van der Waals surface area (Å²) in [4.78, 5) is 13.5. The lowest BCUT2D eigenvalue weighted by Crippen LogP contribution is -2.33. The van der Waals surface area contributed by atoms with Crippen LogP contribution in [0.25, 0.3) is 0 Å². The zero-order valence-electron chi connectivity index (χ0n) is 7.43. The van der Waals surface area contributed by atoms with Crippen molar-refractivity contribution >= 4 is 5.91 Å². The Hall–Kier alpha value is -1.39. The van der Waals surface area contributed by atoms with E-state index in [9.17, 15) is 4.79 Å². The lowest BCUT2D eigenvalue weighted by atomic mass is 10.2. The monoisotopic (exact) mass is 181 g/mol. The average Bonchev–Trinajstić information content (AvgIpc) is 2.72. The third-order valence-electron chi connectivity index (χ3n) is 2.39. The predicted molar refractivity (Wildman–Crippen MR) is 44.0 cm³/mol. The normalized spacial score (nSPS) is 22.2. The van der Waals surface area contributed by atoms with Crippen molar-refractivity contribution in [2.75, 3.05) is 6.54 Å². The Balaban J connectivity index is 2.13. The SMILES string of the molecule is CC1CCCN1C(=O)c1cnon1. The lowest BCUT2D eigenvalue weighted by Gasteiger charge is -2.19. The van der Waals surface area contributed by atoms with Crippen LogP contribution in [0.2, 0.25) is 0 Å². The fraction of sp³-hybridized carbons (Fsp3) is 0.625. The molecule has 5 heteroatoms. The topological polar surface area (TPSA) is 59.2 Å². The summed E-state index contributed by atoms with van der Waals surface area (Å²) in [5.41, 5.74) is 0.300. The number of nitrogens with zero attached hydrogens (tertiary/aromatic N) is 3. The van der Waals surface area contributed by atoms with Crippen LogP contribution in [0, 0.1) is 0 Å². The van der Waals surface area contributed by atoms with Gasteiger partial charge in [0.05, 0.1) is 0 Å². The number of rotatable bonds is 1. The standard InChI is InChI=1S/C8H11N3O2/c1-6-3-2-4-11(6)8(12)7-5-9-13-10-7/h5-6H,2-4H2,1H3. The Kier molecular flexibility index (Phi) is 2.00. The van der Waals surface area contributed by atoms with E-state index in [1.54, 1.807) is 4.90 Å². The maximum Gasteiger partial charge on any atom is 0.278 e. The van der Waals surface area contributed by atoms with Gasteiger partial charge in [0.15, 0.2) is 5.69 Å². The summed E-state index contributed by atoms with van der Waals surface area (Å²) in [5, 5.41) is 6.92. The van der Waals surface area contributed by atoms with Crippen LogP contribution >= 0.6 is 0 Å². The van der Waals surface area contributed by atoms with Gasteiger partial charge in [-0.3, -0.25) is 4.79 Å². The van der Waals surface area contributed by atoms with E-state index in [4.69, 9.17) is 0 Å². The fourth-order valence-electron chi connectivity index (χ4n) is 1.64. The van der Waals surface area contributed by atoms with Gasteiger partial charge in [-0.25, -0.2) is 4.63 Å².